The van der Waals surface area contributed by atoms with Crippen LogP contribution in [-0.2, 0) is 11.3 Å². The van der Waals surface area contributed by atoms with Gasteiger partial charge < -0.3 is 20.1 Å². The van der Waals surface area contributed by atoms with Gasteiger partial charge in [0.15, 0.2) is 5.82 Å². The summed E-state index contributed by atoms with van der Waals surface area (Å²) in [5, 5.41) is 19.1. The Kier molecular flexibility index (Phi) is 11.1. The van der Waals surface area contributed by atoms with E-state index in [9.17, 15) is 14.4 Å². The summed E-state index contributed by atoms with van der Waals surface area (Å²) in [6, 6.07) is 21.5. The second-order valence-corrected chi connectivity index (χ2v) is 18.4. The van der Waals surface area contributed by atoms with E-state index in [1.807, 2.05) is 66.8 Å². The molecular formula is C48H49ClN10O3S. The number of amides is 2. The van der Waals surface area contributed by atoms with Gasteiger partial charge in [0.25, 0.3) is 11.5 Å². The minimum Gasteiger partial charge on any atom is -0.368 e. The van der Waals surface area contributed by atoms with Crippen LogP contribution in [0.4, 0.5) is 5.69 Å². The molecule has 1 saturated heterocycles. The summed E-state index contributed by atoms with van der Waals surface area (Å²) in [5.41, 5.74) is 10.1. The van der Waals surface area contributed by atoms with E-state index in [0.29, 0.717) is 48.2 Å². The van der Waals surface area contributed by atoms with Crippen molar-refractivity contribution in [3.63, 3.8) is 0 Å². The summed E-state index contributed by atoms with van der Waals surface area (Å²) < 4.78 is 4.00. The number of hydrogen-bond donors (Lipinski definition) is 2. The minimum atomic E-state index is -0.527. The molecule has 13 nitrogen and oxygen atoms in total. The lowest BCUT2D eigenvalue weighted by Crippen LogP contribution is -2.49. The molecule has 322 valence electrons. The molecule has 6 heterocycles. The van der Waals surface area contributed by atoms with E-state index in [0.717, 1.165) is 72.2 Å². The molecule has 3 aromatic carbocycles. The Morgan fingerprint density at radius 1 is 0.905 bits per heavy atom. The number of pyridine rings is 1. The van der Waals surface area contributed by atoms with Crippen LogP contribution in [0.2, 0.25) is 5.02 Å². The summed E-state index contributed by atoms with van der Waals surface area (Å²) >= 11 is 7.99. The smallest absolute Gasteiger partial charge is 0.253 e. The number of halogens is 1. The summed E-state index contributed by atoms with van der Waals surface area (Å²) in [4.78, 5) is 54.2. The Morgan fingerprint density at radius 3 is 2.32 bits per heavy atom. The number of nitrogens with one attached hydrogen (secondary N) is 2. The van der Waals surface area contributed by atoms with Crippen LogP contribution in [0, 0.1) is 34.6 Å². The number of aromatic nitrogens is 6. The molecule has 2 N–H and O–H groups in total. The van der Waals surface area contributed by atoms with E-state index in [2.05, 4.69) is 93.1 Å². The molecule has 15 heteroatoms. The number of nitrogens with zero attached hydrogens (tertiary/aromatic N) is 8. The van der Waals surface area contributed by atoms with E-state index in [1.165, 1.54) is 4.88 Å². The van der Waals surface area contributed by atoms with Crippen LogP contribution in [0.5, 0.6) is 0 Å². The standard InChI is InChI=1S/C48H49ClN10O3S/c1-26(2)59-41-22-34(21-37(39(41)25-51-59)46(61)50-24-38-27(3)20-28(4)52-47(38)62)32-10-14-36(15-11-32)56-16-18-57(19-17-56)42(60)23-40-45-55-54-31(7)58(45)48-43(29(5)30(6)63-48)44(53-40)33-8-12-35(49)13-9-33/h8-15,20-22,25-26,40H,16-19,23-24H2,1-7H3,(H,50,61)(H,52,62)/t40-/m0/s1. The first-order chi connectivity index (χ1) is 30.2. The zero-order chi connectivity index (χ0) is 44.3. The summed E-state index contributed by atoms with van der Waals surface area (Å²) in [6.07, 6.45) is 1.91. The lowest BCUT2D eigenvalue weighted by atomic mass is 9.99. The number of aromatic amines is 1. The number of benzene rings is 3. The number of carbonyl (C=O) groups excluding carboxylic acids is 2. The Bertz CT molecular complexity index is 3010. The molecular weight excluding hydrogens is 832 g/mol. The van der Waals surface area contributed by atoms with Crippen LogP contribution in [0.3, 0.4) is 0 Å². The van der Waals surface area contributed by atoms with Crippen molar-refractivity contribution in [1.29, 1.82) is 0 Å². The lowest BCUT2D eigenvalue weighted by molar-refractivity contribution is -0.131. The second-order valence-electron chi connectivity index (χ2n) is 16.8. The second kappa shape index (κ2) is 16.7. The van der Waals surface area contributed by atoms with Crippen LogP contribution >= 0.6 is 22.9 Å². The number of rotatable bonds is 9. The molecule has 2 aliphatic rings. The molecule has 4 aromatic heterocycles. The molecule has 9 rings (SSSR count). The first-order valence-electron chi connectivity index (χ1n) is 21.2. The molecule has 1 atom stereocenters. The third-order valence-corrected chi connectivity index (χ3v) is 13.7. The van der Waals surface area contributed by atoms with Gasteiger partial charge in [-0.3, -0.25) is 28.6 Å². The Labute approximate surface area is 374 Å². The molecule has 0 spiro atoms. The Morgan fingerprint density at radius 2 is 1.62 bits per heavy atom. The first-order valence-corrected chi connectivity index (χ1v) is 22.4. The maximum Gasteiger partial charge on any atom is 0.253 e. The number of hydrogen-bond acceptors (Lipinski definition) is 9. The highest BCUT2D eigenvalue weighted by Gasteiger charge is 2.34. The number of H-pyrrole nitrogens is 1. The number of aryl methyl sites for hydroxylation is 4. The predicted octanol–water partition coefficient (Wildman–Crippen LogP) is 8.37. The number of aliphatic imine (C=N–C) groups is 1. The Balaban J connectivity index is 0.917. The third-order valence-electron chi connectivity index (χ3n) is 12.3. The summed E-state index contributed by atoms with van der Waals surface area (Å²) in [5.74, 6) is 1.17. The van der Waals surface area contributed by atoms with Crippen molar-refractivity contribution in [3.8, 4) is 16.1 Å². The van der Waals surface area contributed by atoms with Crippen molar-refractivity contribution >= 4 is 57.1 Å². The van der Waals surface area contributed by atoms with Gasteiger partial charge in [-0.2, -0.15) is 5.10 Å². The van der Waals surface area contributed by atoms with Crippen molar-refractivity contribution in [2.24, 2.45) is 4.99 Å². The molecule has 2 amide bonds. The molecule has 1 fully saturated rings. The highest BCUT2D eigenvalue weighted by molar-refractivity contribution is 7.15. The number of piperazine rings is 1. The van der Waals surface area contributed by atoms with Gasteiger partial charge in [-0.1, -0.05) is 35.9 Å². The summed E-state index contributed by atoms with van der Waals surface area (Å²) in [7, 11) is 0. The SMILES string of the molecule is Cc1cc(C)c(CNC(=O)c2cc(-c3ccc(N4CCN(C(=O)C[C@@H]5N=C(c6ccc(Cl)cc6)c6c(sc(C)c6C)-n6c(C)nnc65)CC4)cc3)cc3c2cnn3C(C)C)c(=O)[nH]1. The molecule has 63 heavy (non-hydrogen) atoms. The predicted molar refractivity (Wildman–Crippen MR) is 250 cm³/mol. The van der Waals surface area contributed by atoms with Gasteiger partial charge in [-0.25, -0.2) is 0 Å². The number of thiophene rings is 1. The number of anilines is 1. The van der Waals surface area contributed by atoms with Gasteiger partial charge in [0.2, 0.25) is 5.91 Å². The van der Waals surface area contributed by atoms with E-state index in [-0.39, 0.29) is 36.4 Å². The van der Waals surface area contributed by atoms with Crippen molar-refractivity contribution in [1.82, 2.24) is 39.7 Å². The van der Waals surface area contributed by atoms with Crippen molar-refractivity contribution in [2.75, 3.05) is 31.1 Å². The fraction of sp³-hybridized carbons (Fsp3) is 0.312. The number of carbonyl (C=O) groups is 2. The van der Waals surface area contributed by atoms with Gasteiger partial charge in [0, 0.05) is 82.1 Å². The normalized spacial score (nSPS) is 15.1. The molecule has 7 aromatic rings. The fourth-order valence-electron chi connectivity index (χ4n) is 8.78. The van der Waals surface area contributed by atoms with Crippen molar-refractivity contribution < 1.29 is 9.59 Å². The van der Waals surface area contributed by atoms with Crippen molar-refractivity contribution in [2.45, 2.75) is 73.5 Å². The van der Waals surface area contributed by atoms with E-state index in [4.69, 9.17) is 16.6 Å². The third kappa shape index (κ3) is 7.86. The zero-order valence-electron chi connectivity index (χ0n) is 36.4. The van der Waals surface area contributed by atoms with E-state index in [1.54, 1.807) is 17.5 Å². The molecule has 0 aliphatic carbocycles. The zero-order valence-corrected chi connectivity index (χ0v) is 38.0. The molecule has 0 unspecified atom stereocenters. The van der Waals surface area contributed by atoms with Gasteiger partial charge in [-0.05, 0) is 113 Å². The first kappa shape index (κ1) is 41.9. The largest absolute Gasteiger partial charge is 0.368 e. The van der Waals surface area contributed by atoms with Gasteiger partial charge in [0.1, 0.15) is 16.9 Å². The monoisotopic (exact) mass is 880 g/mol. The molecule has 2 aliphatic heterocycles. The maximum atomic E-state index is 14.1. The van der Waals surface area contributed by atoms with Crippen LogP contribution in [0.1, 0.15) is 92.7 Å². The van der Waals surface area contributed by atoms with Gasteiger partial charge >= 0.3 is 0 Å². The highest BCUT2D eigenvalue weighted by Crippen LogP contribution is 2.40. The van der Waals surface area contributed by atoms with Crippen LogP contribution in [-0.4, -0.2) is 78.1 Å². The average molecular weight is 882 g/mol. The maximum absolute atomic E-state index is 14.1. The van der Waals surface area contributed by atoms with Crippen LogP contribution in [0.25, 0.3) is 27.0 Å². The number of fused-ring (bicyclic) bond motifs is 4. The van der Waals surface area contributed by atoms with Crippen molar-refractivity contribution in [3.05, 3.63) is 144 Å². The highest BCUT2D eigenvalue weighted by atomic mass is 35.5. The van der Waals surface area contributed by atoms with Crippen LogP contribution < -0.4 is 15.8 Å². The van der Waals surface area contributed by atoms with E-state index >= 15 is 0 Å². The van der Waals surface area contributed by atoms with E-state index < -0.39 is 6.04 Å². The molecule has 0 saturated carbocycles. The minimum absolute atomic E-state index is 0.0243. The van der Waals surface area contributed by atoms with Crippen LogP contribution in [0.15, 0.2) is 82.7 Å². The van der Waals surface area contributed by atoms with Gasteiger partial charge in [-0.15, -0.1) is 21.5 Å². The topological polar surface area (TPSA) is 146 Å². The van der Waals surface area contributed by atoms with Gasteiger partial charge in [0.05, 0.1) is 29.4 Å². The quantitative estimate of drug-likeness (QED) is 0.148. The Hall–Kier alpha value is -6.38. The summed E-state index contributed by atoms with van der Waals surface area (Å²) in [6.45, 7) is 16.6. The average Bonchev–Trinajstić information content (AvgIpc) is 3.93. The molecule has 0 radical (unpaired) electrons. The fourth-order valence-corrected chi connectivity index (χ4v) is 10.1. The lowest BCUT2D eigenvalue weighted by Gasteiger charge is -2.36. The molecule has 0 bridgehead atoms.